The Bertz CT molecular complexity index is 447. The number of hydrogen-bond acceptors (Lipinski definition) is 2. The molecule has 1 heterocycles. The van der Waals surface area contributed by atoms with Crippen LogP contribution in [0.1, 0.15) is 10.4 Å². The zero-order valence-corrected chi connectivity index (χ0v) is 11.1. The second-order valence-electron chi connectivity index (χ2n) is 3.79. The third-order valence-corrected chi connectivity index (χ3v) is 3.54. The highest BCUT2D eigenvalue weighted by Crippen LogP contribution is 2.19. The molecule has 0 unspecified atom stereocenters. The molecular formula is C11H11F2IN2O. The molecule has 0 radical (unpaired) electrons. The molecule has 0 bridgehead atoms. The number of carbonyl (C=O) groups excluding carboxylic acids is 1. The van der Waals surface area contributed by atoms with Gasteiger partial charge in [-0.1, -0.05) is 0 Å². The van der Waals surface area contributed by atoms with Crippen LogP contribution in [0.4, 0.5) is 8.78 Å². The smallest absolute Gasteiger partial charge is 0.255 e. The SMILES string of the molecule is O=C(c1cc(F)c(F)cc1I)N1CCNCC1. The highest BCUT2D eigenvalue weighted by atomic mass is 127. The number of nitrogens with one attached hydrogen (secondary N) is 1. The standard InChI is InChI=1S/C11H11F2IN2O/c12-8-5-7(10(14)6-9(8)13)11(17)16-3-1-15-2-4-16/h5-6,15H,1-4H2. The number of hydrogen-bond donors (Lipinski definition) is 1. The van der Waals surface area contributed by atoms with E-state index in [1.54, 1.807) is 4.90 Å². The maximum Gasteiger partial charge on any atom is 0.255 e. The Kier molecular flexibility index (Phi) is 3.93. The van der Waals surface area contributed by atoms with Gasteiger partial charge in [0.2, 0.25) is 0 Å². The van der Waals surface area contributed by atoms with Crippen LogP contribution in [-0.2, 0) is 0 Å². The number of benzene rings is 1. The van der Waals surface area contributed by atoms with Gasteiger partial charge in [0.1, 0.15) is 0 Å². The van der Waals surface area contributed by atoms with Crippen molar-refractivity contribution in [2.24, 2.45) is 0 Å². The molecule has 0 aromatic heterocycles. The molecule has 1 aliphatic rings. The zero-order valence-electron chi connectivity index (χ0n) is 8.97. The summed E-state index contributed by atoms with van der Waals surface area (Å²) in [5.41, 5.74) is 0.228. The first-order chi connectivity index (χ1) is 8.09. The third-order valence-electron chi connectivity index (χ3n) is 2.64. The van der Waals surface area contributed by atoms with E-state index in [9.17, 15) is 13.6 Å². The molecule has 92 valence electrons. The average Bonchev–Trinajstić information content (AvgIpc) is 2.34. The van der Waals surface area contributed by atoms with Gasteiger partial charge in [0.15, 0.2) is 11.6 Å². The first-order valence-electron chi connectivity index (χ1n) is 5.24. The Morgan fingerprint density at radius 3 is 2.47 bits per heavy atom. The van der Waals surface area contributed by atoms with Gasteiger partial charge in [0, 0.05) is 29.7 Å². The largest absolute Gasteiger partial charge is 0.336 e. The fourth-order valence-electron chi connectivity index (χ4n) is 1.72. The summed E-state index contributed by atoms with van der Waals surface area (Å²) in [5, 5.41) is 3.13. The van der Waals surface area contributed by atoms with E-state index in [4.69, 9.17) is 0 Å². The number of halogens is 3. The molecule has 1 fully saturated rings. The molecule has 1 N–H and O–H groups in total. The molecule has 1 aromatic rings. The normalized spacial score (nSPS) is 16.1. The molecule has 2 rings (SSSR count). The summed E-state index contributed by atoms with van der Waals surface area (Å²) >= 11 is 1.84. The lowest BCUT2D eigenvalue weighted by atomic mass is 10.1. The fraction of sp³-hybridized carbons (Fsp3) is 0.364. The van der Waals surface area contributed by atoms with Crippen molar-refractivity contribution in [3.63, 3.8) is 0 Å². The van der Waals surface area contributed by atoms with Crippen molar-refractivity contribution in [2.75, 3.05) is 26.2 Å². The zero-order chi connectivity index (χ0) is 12.4. The summed E-state index contributed by atoms with van der Waals surface area (Å²) in [6.45, 7) is 2.64. The Morgan fingerprint density at radius 1 is 1.24 bits per heavy atom. The quantitative estimate of drug-likeness (QED) is 0.616. The van der Waals surface area contributed by atoms with Crippen LogP contribution in [0, 0.1) is 15.2 Å². The van der Waals surface area contributed by atoms with Crippen molar-refractivity contribution in [1.82, 2.24) is 10.2 Å². The van der Waals surface area contributed by atoms with Crippen molar-refractivity contribution in [3.8, 4) is 0 Å². The van der Waals surface area contributed by atoms with Crippen LogP contribution in [0.5, 0.6) is 0 Å². The highest BCUT2D eigenvalue weighted by Gasteiger charge is 2.21. The second kappa shape index (κ2) is 5.26. The van der Waals surface area contributed by atoms with Crippen LogP contribution in [0.15, 0.2) is 12.1 Å². The first-order valence-corrected chi connectivity index (χ1v) is 6.32. The van der Waals surface area contributed by atoms with E-state index in [1.807, 2.05) is 22.6 Å². The minimum atomic E-state index is -0.982. The molecule has 0 saturated carbocycles. The lowest BCUT2D eigenvalue weighted by Crippen LogP contribution is -2.46. The Hall–Kier alpha value is -0.760. The van der Waals surface area contributed by atoms with Crippen molar-refractivity contribution >= 4 is 28.5 Å². The van der Waals surface area contributed by atoms with Gasteiger partial charge in [0.25, 0.3) is 5.91 Å². The molecule has 1 aliphatic heterocycles. The summed E-state index contributed by atoms with van der Waals surface area (Å²) in [6, 6.07) is 2.02. The van der Waals surface area contributed by atoms with Crippen LogP contribution in [-0.4, -0.2) is 37.0 Å². The lowest BCUT2D eigenvalue weighted by molar-refractivity contribution is 0.0734. The first kappa shape index (κ1) is 12.7. The maximum atomic E-state index is 13.1. The summed E-state index contributed by atoms with van der Waals surface area (Å²) in [7, 11) is 0. The number of piperazine rings is 1. The van der Waals surface area contributed by atoms with Crippen LogP contribution in [0.3, 0.4) is 0 Å². The number of nitrogens with zero attached hydrogens (tertiary/aromatic N) is 1. The summed E-state index contributed by atoms with van der Waals surface area (Å²) in [6.07, 6.45) is 0. The minimum absolute atomic E-state index is 0.228. The van der Waals surface area contributed by atoms with Gasteiger partial charge in [-0.2, -0.15) is 0 Å². The molecule has 6 heteroatoms. The molecule has 0 aliphatic carbocycles. The van der Waals surface area contributed by atoms with Crippen LogP contribution < -0.4 is 5.32 Å². The van der Waals surface area contributed by atoms with E-state index < -0.39 is 11.6 Å². The van der Waals surface area contributed by atoms with Gasteiger partial charge in [-0.15, -0.1) is 0 Å². The average molecular weight is 352 g/mol. The Balaban J connectivity index is 2.26. The molecule has 17 heavy (non-hydrogen) atoms. The lowest BCUT2D eigenvalue weighted by Gasteiger charge is -2.27. The highest BCUT2D eigenvalue weighted by molar-refractivity contribution is 14.1. The van der Waals surface area contributed by atoms with Gasteiger partial charge in [-0.25, -0.2) is 8.78 Å². The van der Waals surface area contributed by atoms with Crippen molar-refractivity contribution in [2.45, 2.75) is 0 Å². The minimum Gasteiger partial charge on any atom is -0.336 e. The van der Waals surface area contributed by atoms with E-state index in [-0.39, 0.29) is 11.5 Å². The van der Waals surface area contributed by atoms with Crippen LogP contribution in [0.25, 0.3) is 0 Å². The summed E-state index contributed by atoms with van der Waals surface area (Å²) < 4.78 is 26.5. The number of amides is 1. The molecule has 1 amide bonds. The van der Waals surface area contributed by atoms with Crippen molar-refractivity contribution in [3.05, 3.63) is 32.9 Å². The van der Waals surface area contributed by atoms with E-state index in [0.29, 0.717) is 16.7 Å². The van der Waals surface area contributed by atoms with Gasteiger partial charge < -0.3 is 10.2 Å². The number of carbonyl (C=O) groups is 1. The van der Waals surface area contributed by atoms with Crippen LogP contribution >= 0.6 is 22.6 Å². The Morgan fingerprint density at radius 2 is 1.82 bits per heavy atom. The number of rotatable bonds is 1. The van der Waals surface area contributed by atoms with Crippen molar-refractivity contribution < 1.29 is 13.6 Å². The topological polar surface area (TPSA) is 32.3 Å². The van der Waals surface area contributed by atoms with E-state index in [1.165, 1.54) is 0 Å². The summed E-state index contributed by atoms with van der Waals surface area (Å²) in [4.78, 5) is 13.7. The Labute approximate surface area is 111 Å². The van der Waals surface area contributed by atoms with E-state index in [0.717, 1.165) is 25.2 Å². The van der Waals surface area contributed by atoms with Crippen molar-refractivity contribution in [1.29, 1.82) is 0 Å². The van der Waals surface area contributed by atoms with Gasteiger partial charge in [-0.05, 0) is 34.7 Å². The predicted octanol–water partition coefficient (Wildman–Crippen LogP) is 1.61. The maximum absolute atomic E-state index is 13.1. The van der Waals surface area contributed by atoms with Gasteiger partial charge >= 0.3 is 0 Å². The van der Waals surface area contributed by atoms with E-state index >= 15 is 0 Å². The van der Waals surface area contributed by atoms with Crippen LogP contribution in [0.2, 0.25) is 0 Å². The third kappa shape index (κ3) is 2.74. The predicted molar refractivity (Wildman–Crippen MR) is 67.8 cm³/mol. The van der Waals surface area contributed by atoms with Gasteiger partial charge in [0.05, 0.1) is 5.56 Å². The van der Waals surface area contributed by atoms with Gasteiger partial charge in [-0.3, -0.25) is 4.79 Å². The molecule has 0 spiro atoms. The molecular weight excluding hydrogens is 341 g/mol. The summed E-state index contributed by atoms with van der Waals surface area (Å²) in [5.74, 6) is -2.15. The molecule has 1 saturated heterocycles. The van der Waals surface area contributed by atoms with E-state index in [2.05, 4.69) is 5.32 Å². The fourth-order valence-corrected chi connectivity index (χ4v) is 2.38. The second-order valence-corrected chi connectivity index (χ2v) is 4.95. The molecule has 3 nitrogen and oxygen atoms in total. The monoisotopic (exact) mass is 352 g/mol. The molecule has 0 atom stereocenters. The molecule has 1 aromatic carbocycles.